The summed E-state index contributed by atoms with van der Waals surface area (Å²) in [5, 5.41) is 3.47. The molecule has 1 aromatic rings. The first-order chi connectivity index (χ1) is 9.61. The van der Waals surface area contributed by atoms with E-state index in [0.717, 1.165) is 37.2 Å². The molecule has 20 heavy (non-hydrogen) atoms. The van der Waals surface area contributed by atoms with Gasteiger partial charge in [0.1, 0.15) is 0 Å². The fourth-order valence-corrected chi connectivity index (χ4v) is 2.64. The lowest BCUT2D eigenvalue weighted by Gasteiger charge is -2.27. The predicted octanol–water partition coefficient (Wildman–Crippen LogP) is 3.27. The highest BCUT2D eigenvalue weighted by atomic mass is 16.5. The van der Waals surface area contributed by atoms with E-state index in [9.17, 15) is 0 Å². The highest BCUT2D eigenvalue weighted by Gasteiger charge is 2.21. The molecule has 2 rings (SSSR count). The van der Waals surface area contributed by atoms with Gasteiger partial charge in [0, 0.05) is 19.4 Å². The average molecular weight is 274 g/mol. The number of benzene rings is 1. The van der Waals surface area contributed by atoms with Crippen molar-refractivity contribution in [2.24, 2.45) is 5.73 Å². The van der Waals surface area contributed by atoms with Crippen molar-refractivity contribution in [2.45, 2.75) is 51.7 Å². The van der Waals surface area contributed by atoms with Gasteiger partial charge in [0.05, 0.1) is 11.8 Å². The highest BCUT2D eigenvalue weighted by Crippen LogP contribution is 2.23. The first-order valence-corrected chi connectivity index (χ1v) is 7.45. The van der Waals surface area contributed by atoms with Gasteiger partial charge in [-0.2, -0.15) is 0 Å². The number of nitrogens with two attached hydrogens (primary N) is 1. The summed E-state index contributed by atoms with van der Waals surface area (Å²) in [4.78, 5) is 0. The van der Waals surface area contributed by atoms with Gasteiger partial charge in [0.25, 0.3) is 0 Å². The molecule has 1 aliphatic carbocycles. The molecule has 0 spiro atoms. The number of methoxy groups -OCH3 is 1. The van der Waals surface area contributed by atoms with Crippen LogP contribution in [0.1, 0.15) is 50.2 Å². The first kappa shape index (κ1) is 14.9. The lowest BCUT2D eigenvalue weighted by molar-refractivity contribution is 0.109. The average Bonchev–Trinajstić information content (AvgIpc) is 2.46. The topological polar surface area (TPSA) is 47.3 Å². The van der Waals surface area contributed by atoms with Crippen LogP contribution in [0.2, 0.25) is 0 Å². The number of hydrogen-bond donors (Lipinski definition) is 2. The quantitative estimate of drug-likeness (QED) is 0.866. The molecule has 1 aliphatic rings. The summed E-state index contributed by atoms with van der Waals surface area (Å²) in [6.07, 6.45) is 3.25. The zero-order chi connectivity index (χ0) is 14.5. The molecule has 3 N–H and O–H groups in total. The van der Waals surface area contributed by atoms with Crippen molar-refractivity contribution in [1.82, 2.24) is 5.32 Å². The van der Waals surface area contributed by atoms with Gasteiger partial charge in [-0.15, -0.1) is 0 Å². The largest absolute Gasteiger partial charge is 0.401 e. The van der Waals surface area contributed by atoms with Crippen LogP contribution in [0, 0.1) is 0 Å². The van der Waals surface area contributed by atoms with E-state index in [2.05, 4.69) is 43.4 Å². The summed E-state index contributed by atoms with van der Waals surface area (Å²) in [6, 6.07) is 8.77. The second kappa shape index (κ2) is 6.80. The van der Waals surface area contributed by atoms with Crippen LogP contribution in [0.25, 0.3) is 0 Å². The summed E-state index contributed by atoms with van der Waals surface area (Å²) < 4.78 is 5.51. The Morgan fingerprint density at radius 3 is 2.60 bits per heavy atom. The van der Waals surface area contributed by atoms with Gasteiger partial charge in [0.15, 0.2) is 0 Å². The van der Waals surface area contributed by atoms with Gasteiger partial charge in [-0.1, -0.05) is 38.1 Å². The third-order valence-electron chi connectivity index (χ3n) is 3.99. The Kier molecular flexibility index (Phi) is 5.07. The van der Waals surface area contributed by atoms with Crippen molar-refractivity contribution < 1.29 is 4.74 Å². The molecule has 0 saturated heterocycles. The Hall–Kier alpha value is -1.48. The maximum Gasteiger partial charge on any atom is 0.0983 e. The van der Waals surface area contributed by atoms with Crippen molar-refractivity contribution in [3.05, 3.63) is 46.8 Å². The van der Waals surface area contributed by atoms with Crippen LogP contribution in [-0.2, 0) is 11.3 Å². The molecule has 0 radical (unpaired) electrons. The zero-order valence-corrected chi connectivity index (χ0v) is 12.8. The Labute approximate surface area is 122 Å². The Balaban J connectivity index is 2.00. The number of rotatable bonds is 5. The van der Waals surface area contributed by atoms with Crippen LogP contribution in [0.3, 0.4) is 0 Å². The second-order valence-corrected chi connectivity index (χ2v) is 5.81. The lowest BCUT2D eigenvalue weighted by atomic mass is 9.98. The maximum absolute atomic E-state index is 6.11. The van der Waals surface area contributed by atoms with Crippen LogP contribution in [0.4, 0.5) is 0 Å². The molecule has 3 nitrogen and oxygen atoms in total. The van der Waals surface area contributed by atoms with E-state index in [0.29, 0.717) is 5.92 Å². The first-order valence-electron chi connectivity index (χ1n) is 7.45. The molecule has 110 valence electrons. The van der Waals surface area contributed by atoms with E-state index in [4.69, 9.17) is 10.5 Å². The van der Waals surface area contributed by atoms with E-state index in [1.807, 2.05) is 0 Å². The molecular weight excluding hydrogens is 248 g/mol. The monoisotopic (exact) mass is 274 g/mol. The summed E-state index contributed by atoms with van der Waals surface area (Å²) in [7, 11) is 1.75. The number of ether oxygens (including phenoxy) is 1. The van der Waals surface area contributed by atoms with Crippen LogP contribution in [0.15, 0.2) is 35.7 Å². The van der Waals surface area contributed by atoms with Gasteiger partial charge in [0.2, 0.25) is 0 Å². The molecule has 0 amide bonds. The van der Waals surface area contributed by atoms with Gasteiger partial charge in [-0.25, -0.2) is 0 Å². The van der Waals surface area contributed by atoms with Gasteiger partial charge >= 0.3 is 0 Å². The van der Waals surface area contributed by atoms with E-state index >= 15 is 0 Å². The molecule has 0 aliphatic heterocycles. The molecule has 0 heterocycles. The smallest absolute Gasteiger partial charge is 0.0983 e. The Morgan fingerprint density at radius 2 is 2.00 bits per heavy atom. The molecule has 0 bridgehead atoms. The van der Waals surface area contributed by atoms with Crippen molar-refractivity contribution >= 4 is 0 Å². The highest BCUT2D eigenvalue weighted by molar-refractivity contribution is 5.26. The lowest BCUT2D eigenvalue weighted by Crippen LogP contribution is -2.32. The SMILES string of the molecule is COC1CCCC(N)=C1NCc1ccc(C(C)C)cc1. The molecule has 0 fully saturated rings. The fourth-order valence-electron chi connectivity index (χ4n) is 2.64. The van der Waals surface area contributed by atoms with Crippen molar-refractivity contribution in [2.75, 3.05) is 7.11 Å². The summed E-state index contributed by atoms with van der Waals surface area (Å²) in [5.41, 5.74) is 10.8. The molecular formula is C17H26N2O. The van der Waals surface area contributed by atoms with Gasteiger partial charge in [-0.3, -0.25) is 0 Å². The van der Waals surface area contributed by atoms with Gasteiger partial charge in [-0.05, 0) is 36.3 Å². The third kappa shape index (κ3) is 3.54. The third-order valence-corrected chi connectivity index (χ3v) is 3.99. The van der Waals surface area contributed by atoms with Crippen LogP contribution >= 0.6 is 0 Å². The minimum Gasteiger partial charge on any atom is -0.401 e. The number of allylic oxidation sites excluding steroid dienone is 1. The minimum absolute atomic E-state index is 0.124. The van der Waals surface area contributed by atoms with E-state index < -0.39 is 0 Å². The molecule has 1 atom stereocenters. The van der Waals surface area contributed by atoms with Crippen LogP contribution < -0.4 is 11.1 Å². The standard InChI is InChI=1S/C17H26N2O/c1-12(2)14-9-7-13(8-10-14)11-19-17-15(18)5-4-6-16(17)20-3/h7-10,12,16,19H,4-6,11,18H2,1-3H3. The molecule has 1 unspecified atom stereocenters. The number of hydrogen-bond acceptors (Lipinski definition) is 3. The second-order valence-electron chi connectivity index (χ2n) is 5.81. The molecule has 0 aromatic heterocycles. The van der Waals surface area contributed by atoms with Crippen molar-refractivity contribution in [3.8, 4) is 0 Å². The zero-order valence-electron chi connectivity index (χ0n) is 12.8. The van der Waals surface area contributed by atoms with E-state index in [-0.39, 0.29) is 6.10 Å². The van der Waals surface area contributed by atoms with E-state index in [1.54, 1.807) is 7.11 Å². The van der Waals surface area contributed by atoms with Gasteiger partial charge < -0.3 is 15.8 Å². The van der Waals surface area contributed by atoms with Crippen molar-refractivity contribution in [1.29, 1.82) is 0 Å². The van der Waals surface area contributed by atoms with Crippen LogP contribution in [-0.4, -0.2) is 13.2 Å². The fraction of sp³-hybridized carbons (Fsp3) is 0.529. The van der Waals surface area contributed by atoms with E-state index in [1.165, 1.54) is 11.1 Å². The minimum atomic E-state index is 0.124. The Morgan fingerprint density at radius 1 is 1.30 bits per heavy atom. The number of nitrogens with one attached hydrogen (secondary N) is 1. The summed E-state index contributed by atoms with van der Waals surface area (Å²) >= 11 is 0. The molecule has 0 saturated carbocycles. The summed E-state index contributed by atoms with van der Waals surface area (Å²) in [6.45, 7) is 5.22. The normalized spacial score (nSPS) is 19.5. The molecule has 1 aromatic carbocycles. The van der Waals surface area contributed by atoms with Crippen LogP contribution in [0.5, 0.6) is 0 Å². The molecule has 3 heteroatoms. The summed E-state index contributed by atoms with van der Waals surface area (Å²) in [5.74, 6) is 0.576. The Bertz CT molecular complexity index is 462. The maximum atomic E-state index is 6.11. The predicted molar refractivity (Wildman–Crippen MR) is 83.2 cm³/mol. The van der Waals surface area contributed by atoms with Crippen molar-refractivity contribution in [3.63, 3.8) is 0 Å².